The fraction of sp³-hybridized carbons (Fsp3) is 0.0870. The Hall–Kier alpha value is -3.72. The van der Waals surface area contributed by atoms with E-state index in [1.54, 1.807) is 42.5 Å². The highest BCUT2D eigenvalue weighted by Gasteiger charge is 2.14. The molecule has 0 heterocycles. The van der Waals surface area contributed by atoms with Crippen LogP contribution in [0.5, 0.6) is 11.5 Å². The molecule has 0 saturated carbocycles. The quantitative estimate of drug-likeness (QED) is 0.355. The van der Waals surface area contributed by atoms with E-state index in [0.29, 0.717) is 27.1 Å². The summed E-state index contributed by atoms with van der Waals surface area (Å²) in [4.78, 5) is 24.2. The molecule has 0 aliphatic carbocycles. The molecule has 0 unspecified atom stereocenters. The zero-order chi connectivity index (χ0) is 22.9. The Bertz CT molecular complexity index is 1140. The van der Waals surface area contributed by atoms with Crippen molar-refractivity contribution < 1.29 is 23.5 Å². The van der Waals surface area contributed by atoms with E-state index in [1.807, 2.05) is 6.07 Å². The maximum Gasteiger partial charge on any atom is 0.271 e. The van der Waals surface area contributed by atoms with E-state index in [0.717, 1.165) is 0 Å². The van der Waals surface area contributed by atoms with Gasteiger partial charge >= 0.3 is 0 Å². The summed E-state index contributed by atoms with van der Waals surface area (Å²) in [6, 6.07) is 17.9. The van der Waals surface area contributed by atoms with Gasteiger partial charge in [0.25, 0.3) is 11.8 Å². The minimum absolute atomic E-state index is 0.0660. The van der Waals surface area contributed by atoms with Crippen LogP contribution in [0.4, 0.5) is 10.1 Å². The molecule has 0 fully saturated rings. The molecule has 9 heteroatoms. The number of hydrogen-bond acceptors (Lipinski definition) is 5. The van der Waals surface area contributed by atoms with Gasteiger partial charge < -0.3 is 14.8 Å². The molecule has 0 atom stereocenters. The smallest absolute Gasteiger partial charge is 0.271 e. The van der Waals surface area contributed by atoms with Crippen LogP contribution in [-0.4, -0.2) is 31.7 Å². The number of benzene rings is 3. The molecular formula is C23H19BrFN3O4. The molecule has 0 aliphatic heterocycles. The molecule has 0 radical (unpaired) electrons. The van der Waals surface area contributed by atoms with Gasteiger partial charge in [-0.25, -0.2) is 9.82 Å². The SMILES string of the molecule is COc1cc(/C=N/NC(=O)c2ccccc2)cc(Br)c1OCC(=O)Nc1ccccc1F. The number of rotatable bonds is 8. The number of carbonyl (C=O) groups is 2. The Balaban J connectivity index is 1.63. The molecule has 2 N–H and O–H groups in total. The van der Waals surface area contributed by atoms with Gasteiger partial charge in [0.15, 0.2) is 18.1 Å². The van der Waals surface area contributed by atoms with E-state index < -0.39 is 11.7 Å². The number of hydrazone groups is 1. The summed E-state index contributed by atoms with van der Waals surface area (Å²) in [6.45, 7) is -0.357. The van der Waals surface area contributed by atoms with Crippen LogP contribution in [0.2, 0.25) is 0 Å². The maximum atomic E-state index is 13.7. The molecular weight excluding hydrogens is 481 g/mol. The highest BCUT2D eigenvalue weighted by molar-refractivity contribution is 9.10. The molecule has 32 heavy (non-hydrogen) atoms. The van der Waals surface area contributed by atoms with Crippen LogP contribution in [0, 0.1) is 5.82 Å². The molecule has 0 saturated heterocycles. The van der Waals surface area contributed by atoms with Crippen molar-refractivity contribution in [1.29, 1.82) is 0 Å². The zero-order valence-electron chi connectivity index (χ0n) is 17.0. The normalized spacial score (nSPS) is 10.6. The van der Waals surface area contributed by atoms with Crippen molar-refractivity contribution in [1.82, 2.24) is 5.43 Å². The number of para-hydroxylation sites is 1. The van der Waals surface area contributed by atoms with Crippen molar-refractivity contribution in [3.63, 3.8) is 0 Å². The van der Waals surface area contributed by atoms with Crippen molar-refractivity contribution in [2.24, 2.45) is 5.10 Å². The molecule has 3 aromatic rings. The van der Waals surface area contributed by atoms with Gasteiger partial charge in [-0.15, -0.1) is 0 Å². The maximum absolute atomic E-state index is 13.7. The first kappa shape index (κ1) is 23.0. The first-order valence-electron chi connectivity index (χ1n) is 9.41. The van der Waals surface area contributed by atoms with Crippen molar-refractivity contribution in [2.75, 3.05) is 19.0 Å². The first-order chi connectivity index (χ1) is 15.5. The Morgan fingerprint density at radius 1 is 1.09 bits per heavy atom. The standard InChI is InChI=1S/C23H19BrFN3O4/c1-31-20-12-15(13-26-28-23(30)16-7-3-2-4-8-16)11-17(24)22(20)32-14-21(29)27-19-10-6-5-9-18(19)25/h2-13H,14H2,1H3,(H,27,29)(H,28,30)/b26-13+. The third kappa shape index (κ3) is 6.14. The van der Waals surface area contributed by atoms with Gasteiger partial charge in [-0.05, 0) is 57.9 Å². The molecule has 0 spiro atoms. The topological polar surface area (TPSA) is 89.0 Å². The van der Waals surface area contributed by atoms with Crippen LogP contribution < -0.4 is 20.2 Å². The van der Waals surface area contributed by atoms with Crippen LogP contribution >= 0.6 is 15.9 Å². The van der Waals surface area contributed by atoms with Crippen molar-refractivity contribution in [3.8, 4) is 11.5 Å². The molecule has 7 nitrogen and oxygen atoms in total. The average Bonchev–Trinajstić information content (AvgIpc) is 2.80. The van der Waals surface area contributed by atoms with E-state index in [4.69, 9.17) is 9.47 Å². The fourth-order valence-corrected chi connectivity index (χ4v) is 3.23. The van der Waals surface area contributed by atoms with Gasteiger partial charge in [-0.1, -0.05) is 30.3 Å². The summed E-state index contributed by atoms with van der Waals surface area (Å²) in [6.07, 6.45) is 1.45. The number of ether oxygens (including phenoxy) is 2. The summed E-state index contributed by atoms with van der Waals surface area (Å²) >= 11 is 3.38. The Morgan fingerprint density at radius 3 is 2.53 bits per heavy atom. The number of halogens is 2. The van der Waals surface area contributed by atoms with Gasteiger partial charge in [0.05, 0.1) is 23.5 Å². The van der Waals surface area contributed by atoms with Crippen LogP contribution in [0.15, 0.2) is 76.3 Å². The number of hydrogen-bond donors (Lipinski definition) is 2. The van der Waals surface area contributed by atoms with E-state index in [1.165, 1.54) is 31.5 Å². The van der Waals surface area contributed by atoms with Crippen molar-refractivity contribution in [2.45, 2.75) is 0 Å². The van der Waals surface area contributed by atoms with Gasteiger partial charge in [-0.3, -0.25) is 9.59 Å². The average molecular weight is 500 g/mol. The van der Waals surface area contributed by atoms with Crippen LogP contribution in [0.25, 0.3) is 0 Å². The van der Waals surface area contributed by atoms with Crippen LogP contribution in [-0.2, 0) is 4.79 Å². The Kier molecular flexibility index (Phi) is 7.93. The monoisotopic (exact) mass is 499 g/mol. The van der Waals surface area contributed by atoms with E-state index in [9.17, 15) is 14.0 Å². The van der Waals surface area contributed by atoms with Crippen molar-refractivity contribution in [3.05, 3.63) is 88.1 Å². The van der Waals surface area contributed by atoms with Gasteiger partial charge in [0, 0.05) is 5.56 Å². The summed E-state index contributed by atoms with van der Waals surface area (Å²) in [5.74, 6) is -0.773. The number of amides is 2. The van der Waals surface area contributed by atoms with E-state index in [-0.39, 0.29) is 18.2 Å². The Morgan fingerprint density at radius 2 is 1.81 bits per heavy atom. The predicted molar refractivity (Wildman–Crippen MR) is 123 cm³/mol. The molecule has 0 aliphatic rings. The lowest BCUT2D eigenvalue weighted by atomic mass is 10.2. The highest BCUT2D eigenvalue weighted by Crippen LogP contribution is 2.36. The third-order valence-electron chi connectivity index (χ3n) is 4.16. The first-order valence-corrected chi connectivity index (χ1v) is 10.2. The van der Waals surface area contributed by atoms with Crippen molar-refractivity contribution >= 4 is 39.6 Å². The lowest BCUT2D eigenvalue weighted by Crippen LogP contribution is -2.21. The number of nitrogens with one attached hydrogen (secondary N) is 2. The lowest BCUT2D eigenvalue weighted by molar-refractivity contribution is -0.118. The fourth-order valence-electron chi connectivity index (χ4n) is 2.66. The lowest BCUT2D eigenvalue weighted by Gasteiger charge is -2.13. The third-order valence-corrected chi connectivity index (χ3v) is 4.75. The number of anilines is 1. The molecule has 3 aromatic carbocycles. The second-order valence-electron chi connectivity index (χ2n) is 6.42. The van der Waals surface area contributed by atoms with Gasteiger partial charge in [-0.2, -0.15) is 5.10 Å². The molecule has 0 aromatic heterocycles. The number of nitrogens with zero attached hydrogens (tertiary/aromatic N) is 1. The molecule has 0 bridgehead atoms. The molecule has 2 amide bonds. The minimum Gasteiger partial charge on any atom is -0.493 e. The van der Waals surface area contributed by atoms with E-state index >= 15 is 0 Å². The minimum atomic E-state index is -0.539. The van der Waals surface area contributed by atoms with Gasteiger partial charge in [0.1, 0.15) is 5.82 Å². The zero-order valence-corrected chi connectivity index (χ0v) is 18.6. The van der Waals surface area contributed by atoms with Crippen LogP contribution in [0.1, 0.15) is 15.9 Å². The van der Waals surface area contributed by atoms with Crippen LogP contribution in [0.3, 0.4) is 0 Å². The summed E-state index contributed by atoms with van der Waals surface area (Å²) in [5, 5.41) is 6.40. The summed E-state index contributed by atoms with van der Waals surface area (Å²) in [7, 11) is 1.45. The van der Waals surface area contributed by atoms with E-state index in [2.05, 4.69) is 31.8 Å². The molecule has 164 valence electrons. The number of carbonyl (C=O) groups excluding carboxylic acids is 2. The Labute approximate surface area is 192 Å². The number of methoxy groups -OCH3 is 1. The largest absolute Gasteiger partial charge is 0.493 e. The second-order valence-corrected chi connectivity index (χ2v) is 7.27. The second kappa shape index (κ2) is 11.1. The summed E-state index contributed by atoms with van der Waals surface area (Å²) in [5.41, 5.74) is 3.62. The predicted octanol–water partition coefficient (Wildman–Crippen LogP) is 4.38. The highest BCUT2D eigenvalue weighted by atomic mass is 79.9. The van der Waals surface area contributed by atoms with Gasteiger partial charge in [0.2, 0.25) is 0 Å². The summed E-state index contributed by atoms with van der Waals surface area (Å²) < 4.78 is 25.1. The molecule has 3 rings (SSSR count).